The summed E-state index contributed by atoms with van der Waals surface area (Å²) in [5.74, 6) is -0.161. The van der Waals surface area contributed by atoms with E-state index in [1.54, 1.807) is 6.92 Å². The molecule has 0 spiro atoms. The molecule has 6 heteroatoms. The lowest BCUT2D eigenvalue weighted by atomic mass is 10.0. The largest absolute Gasteiger partial charge is 0.481 e. The molecule has 1 atom stereocenters. The molecule has 6 nitrogen and oxygen atoms in total. The zero-order chi connectivity index (χ0) is 23.7. The van der Waals surface area contributed by atoms with E-state index >= 15 is 0 Å². The van der Waals surface area contributed by atoms with E-state index in [2.05, 4.69) is 88.4 Å². The number of aromatic amines is 1. The molecule has 0 saturated carbocycles. The molecule has 0 radical (unpaired) electrons. The van der Waals surface area contributed by atoms with Gasteiger partial charge < -0.3 is 15.0 Å². The summed E-state index contributed by atoms with van der Waals surface area (Å²) in [6, 6.07) is 23.5. The quantitative estimate of drug-likeness (QED) is 0.427. The molecule has 174 valence electrons. The minimum atomic E-state index is -0.723. The first-order valence-corrected chi connectivity index (χ1v) is 11.8. The van der Waals surface area contributed by atoms with E-state index in [1.807, 2.05) is 0 Å². The van der Waals surface area contributed by atoms with Crippen LogP contribution >= 0.6 is 0 Å². The fourth-order valence-electron chi connectivity index (χ4n) is 4.60. The lowest BCUT2D eigenvalue weighted by Crippen LogP contribution is -2.48. The van der Waals surface area contributed by atoms with Crippen LogP contribution in [0.4, 0.5) is 5.69 Å². The highest BCUT2D eigenvalue weighted by Gasteiger charge is 2.21. The van der Waals surface area contributed by atoms with E-state index < -0.39 is 5.97 Å². The van der Waals surface area contributed by atoms with Crippen LogP contribution in [0.3, 0.4) is 0 Å². The number of aromatic nitrogens is 2. The van der Waals surface area contributed by atoms with Gasteiger partial charge in [-0.25, -0.2) is 4.98 Å². The smallest absolute Gasteiger partial charge is 0.307 e. The Kier molecular flexibility index (Phi) is 6.07. The van der Waals surface area contributed by atoms with Gasteiger partial charge in [-0.15, -0.1) is 0 Å². The van der Waals surface area contributed by atoms with Crippen LogP contribution < -0.4 is 4.90 Å². The maximum absolute atomic E-state index is 11.1. The third kappa shape index (κ3) is 4.68. The number of hydrogen-bond acceptors (Lipinski definition) is 4. The summed E-state index contributed by atoms with van der Waals surface area (Å²) in [5, 5.41) is 9.13. The van der Waals surface area contributed by atoms with Crippen LogP contribution in [0.25, 0.3) is 33.5 Å². The number of fused-ring (bicyclic) bond motifs is 1. The molecule has 2 N–H and O–H groups in total. The van der Waals surface area contributed by atoms with E-state index in [4.69, 9.17) is 10.1 Å². The maximum Gasteiger partial charge on any atom is 0.307 e. The number of H-pyrrole nitrogens is 1. The normalized spacial score (nSPS) is 15.5. The second-order valence-corrected chi connectivity index (χ2v) is 9.26. The van der Waals surface area contributed by atoms with Gasteiger partial charge in [0.25, 0.3) is 0 Å². The molecule has 0 amide bonds. The number of piperazine rings is 1. The van der Waals surface area contributed by atoms with Crippen molar-refractivity contribution in [3.63, 3.8) is 0 Å². The lowest BCUT2D eigenvalue weighted by Gasteiger charge is -2.36. The summed E-state index contributed by atoms with van der Waals surface area (Å²) in [5.41, 5.74) is 7.91. The molecule has 1 aromatic heterocycles. The van der Waals surface area contributed by atoms with Crippen molar-refractivity contribution in [2.24, 2.45) is 5.92 Å². The second-order valence-electron chi connectivity index (χ2n) is 9.26. The Balaban J connectivity index is 1.23. The van der Waals surface area contributed by atoms with Gasteiger partial charge in [0.1, 0.15) is 5.82 Å². The summed E-state index contributed by atoms with van der Waals surface area (Å²) in [4.78, 5) is 23.9. The molecule has 34 heavy (non-hydrogen) atoms. The minimum Gasteiger partial charge on any atom is -0.481 e. The van der Waals surface area contributed by atoms with Crippen molar-refractivity contribution in [2.45, 2.75) is 13.8 Å². The minimum absolute atomic E-state index is 0.326. The van der Waals surface area contributed by atoms with Crippen molar-refractivity contribution < 1.29 is 9.90 Å². The summed E-state index contributed by atoms with van der Waals surface area (Å²) >= 11 is 0. The van der Waals surface area contributed by atoms with Crippen LogP contribution in [-0.4, -0.2) is 58.7 Å². The molecule has 1 unspecified atom stereocenters. The van der Waals surface area contributed by atoms with Crippen LogP contribution in [0.5, 0.6) is 0 Å². The number of aryl methyl sites for hydroxylation is 1. The number of aliphatic carboxylic acids is 1. The van der Waals surface area contributed by atoms with E-state index in [0.29, 0.717) is 6.54 Å². The average Bonchev–Trinajstić information content (AvgIpc) is 3.28. The first kappa shape index (κ1) is 22.2. The molecule has 1 aliphatic heterocycles. The number of benzene rings is 3. The number of nitrogens with zero attached hydrogens (tertiary/aromatic N) is 3. The molecule has 2 heterocycles. The Morgan fingerprint density at radius 1 is 0.941 bits per heavy atom. The summed E-state index contributed by atoms with van der Waals surface area (Å²) in [6.45, 7) is 8.09. The predicted molar refractivity (Wildman–Crippen MR) is 137 cm³/mol. The van der Waals surface area contributed by atoms with Gasteiger partial charge in [-0.2, -0.15) is 0 Å². The third-order valence-electron chi connectivity index (χ3n) is 6.69. The highest BCUT2D eigenvalue weighted by molar-refractivity contribution is 5.80. The Bertz CT molecular complexity index is 1290. The number of nitrogens with one attached hydrogen (secondary N) is 1. The molecule has 1 fully saturated rings. The van der Waals surface area contributed by atoms with Crippen LogP contribution in [0.2, 0.25) is 0 Å². The van der Waals surface area contributed by atoms with E-state index in [0.717, 1.165) is 48.6 Å². The molecular weight excluding hydrogens is 424 g/mol. The zero-order valence-electron chi connectivity index (χ0n) is 19.7. The van der Waals surface area contributed by atoms with Crippen molar-refractivity contribution in [3.8, 4) is 22.5 Å². The topological polar surface area (TPSA) is 72.5 Å². The summed E-state index contributed by atoms with van der Waals surface area (Å²) in [7, 11) is 0. The third-order valence-corrected chi connectivity index (χ3v) is 6.69. The van der Waals surface area contributed by atoms with Crippen molar-refractivity contribution in [1.82, 2.24) is 14.9 Å². The number of rotatable bonds is 6. The van der Waals surface area contributed by atoms with E-state index in [1.165, 1.54) is 22.4 Å². The van der Waals surface area contributed by atoms with Crippen molar-refractivity contribution in [2.75, 3.05) is 37.6 Å². The first-order chi connectivity index (χ1) is 16.5. The van der Waals surface area contributed by atoms with E-state index in [9.17, 15) is 4.79 Å². The molecule has 1 saturated heterocycles. The highest BCUT2D eigenvalue weighted by Crippen LogP contribution is 2.27. The molecule has 4 aromatic rings. The predicted octanol–water partition coefficient (Wildman–Crippen LogP) is 5.05. The number of anilines is 1. The lowest BCUT2D eigenvalue weighted by molar-refractivity contribution is -0.141. The maximum atomic E-state index is 11.1. The van der Waals surface area contributed by atoms with Gasteiger partial charge in [-0.3, -0.25) is 9.69 Å². The SMILES string of the molecule is Cc1ccc2nc(-c3ccc(-c4ccc(N5CCN(CC(C)C(=O)O)CC5)cc4)cc3)[nH]c2c1. The van der Waals surface area contributed by atoms with Gasteiger partial charge in [0.15, 0.2) is 0 Å². The van der Waals surface area contributed by atoms with E-state index in [-0.39, 0.29) is 5.92 Å². The number of carbonyl (C=O) groups is 1. The van der Waals surface area contributed by atoms with Crippen molar-refractivity contribution in [1.29, 1.82) is 0 Å². The number of imidazole rings is 1. The van der Waals surface area contributed by atoms with Gasteiger partial charge >= 0.3 is 5.97 Å². The number of carboxylic acids is 1. The Morgan fingerprint density at radius 3 is 2.21 bits per heavy atom. The summed E-state index contributed by atoms with van der Waals surface area (Å²) < 4.78 is 0. The fraction of sp³-hybridized carbons (Fsp3) is 0.286. The van der Waals surface area contributed by atoms with Crippen LogP contribution in [0.15, 0.2) is 66.7 Å². The fourth-order valence-corrected chi connectivity index (χ4v) is 4.60. The van der Waals surface area contributed by atoms with Gasteiger partial charge in [0, 0.05) is 44.0 Å². The van der Waals surface area contributed by atoms with Crippen LogP contribution in [-0.2, 0) is 4.79 Å². The van der Waals surface area contributed by atoms with Crippen LogP contribution in [0, 0.1) is 12.8 Å². The van der Waals surface area contributed by atoms with Gasteiger partial charge in [0.05, 0.1) is 17.0 Å². The molecule has 0 aliphatic carbocycles. The monoisotopic (exact) mass is 454 g/mol. The zero-order valence-corrected chi connectivity index (χ0v) is 19.7. The molecule has 1 aliphatic rings. The van der Waals surface area contributed by atoms with Crippen molar-refractivity contribution >= 4 is 22.7 Å². The summed E-state index contributed by atoms with van der Waals surface area (Å²) in [6.07, 6.45) is 0. The standard InChI is InChI=1S/C28H30N4O2/c1-19-3-12-25-26(17-19)30-27(29-25)23-6-4-21(5-7-23)22-8-10-24(11-9-22)32-15-13-31(14-16-32)18-20(2)28(33)34/h3-12,17,20H,13-16,18H2,1-2H3,(H,29,30)(H,33,34). The number of carboxylic acid groups (broad SMARTS) is 1. The Labute approximate surface area is 199 Å². The van der Waals surface area contributed by atoms with Gasteiger partial charge in [-0.1, -0.05) is 49.4 Å². The molecule has 0 bridgehead atoms. The van der Waals surface area contributed by atoms with Crippen molar-refractivity contribution in [3.05, 3.63) is 72.3 Å². The highest BCUT2D eigenvalue weighted by atomic mass is 16.4. The Hall–Kier alpha value is -3.64. The first-order valence-electron chi connectivity index (χ1n) is 11.8. The molecule has 5 rings (SSSR count). The Morgan fingerprint density at radius 2 is 1.56 bits per heavy atom. The van der Waals surface area contributed by atoms with Crippen LogP contribution in [0.1, 0.15) is 12.5 Å². The van der Waals surface area contributed by atoms with Gasteiger partial charge in [-0.05, 0) is 47.9 Å². The average molecular weight is 455 g/mol. The molecular formula is C28H30N4O2. The molecule has 3 aromatic carbocycles. The second kappa shape index (κ2) is 9.31. The van der Waals surface area contributed by atoms with Gasteiger partial charge in [0.2, 0.25) is 0 Å². The number of hydrogen-bond donors (Lipinski definition) is 2.